The second-order valence-corrected chi connectivity index (χ2v) is 9.83. The van der Waals surface area contributed by atoms with E-state index in [0.717, 1.165) is 30.8 Å². The summed E-state index contributed by atoms with van der Waals surface area (Å²) in [6.07, 6.45) is 2.08. The van der Waals surface area contributed by atoms with Crippen LogP contribution in [0.4, 0.5) is 0 Å². The van der Waals surface area contributed by atoms with Crippen molar-refractivity contribution in [2.45, 2.75) is 112 Å². The summed E-state index contributed by atoms with van der Waals surface area (Å²) in [5.74, 6) is 0.500. The quantitative estimate of drug-likeness (QED) is 0.464. The van der Waals surface area contributed by atoms with E-state index in [1.54, 1.807) is 41.5 Å². The van der Waals surface area contributed by atoms with Crippen LogP contribution in [0, 0.1) is 6.92 Å². The topological polar surface area (TPSA) is 84.2 Å². The Morgan fingerprint density at radius 2 is 1.19 bits per heavy atom. The first-order valence-electron chi connectivity index (χ1n) is 11.2. The van der Waals surface area contributed by atoms with Crippen LogP contribution >= 0.6 is 0 Å². The summed E-state index contributed by atoms with van der Waals surface area (Å²) in [6.45, 7) is 22.1. The summed E-state index contributed by atoms with van der Waals surface area (Å²) in [5.41, 5.74) is 3.39. The van der Waals surface area contributed by atoms with Crippen LogP contribution in [0.1, 0.15) is 91.8 Å². The first kappa shape index (κ1) is 35.2. The normalized spacial score (nSPS) is 13.5. The number of aromatic hydroxyl groups is 1. The largest absolute Gasteiger partial charge is 0.507 e. The Balaban J connectivity index is -0.000000503. The van der Waals surface area contributed by atoms with Crippen molar-refractivity contribution in [3.8, 4) is 5.75 Å². The van der Waals surface area contributed by atoms with Crippen molar-refractivity contribution < 1.29 is 42.1 Å². The van der Waals surface area contributed by atoms with E-state index in [-0.39, 0.29) is 45.4 Å². The van der Waals surface area contributed by atoms with E-state index in [9.17, 15) is 5.11 Å². The summed E-state index contributed by atoms with van der Waals surface area (Å²) >= 11 is 0. The van der Waals surface area contributed by atoms with Crippen LogP contribution < -0.4 is 0 Å². The number of nitrogens with zero attached hydrogens (tertiary/aromatic N) is 1. The van der Waals surface area contributed by atoms with Gasteiger partial charge in [0.05, 0.1) is 0 Å². The van der Waals surface area contributed by atoms with Gasteiger partial charge in [0.15, 0.2) is 0 Å². The Hall–Kier alpha value is -0.426. The molecule has 0 atom stereocenters. The zero-order chi connectivity index (χ0) is 24.1. The number of likely N-dealkylation sites (tertiary alicyclic amines) is 1. The summed E-state index contributed by atoms with van der Waals surface area (Å²) in [7, 11) is 0. The molecule has 0 spiro atoms. The molecule has 1 aromatic carbocycles. The van der Waals surface area contributed by atoms with Gasteiger partial charge in [0.2, 0.25) is 0 Å². The maximum Gasteiger partial charge on any atom is 0.123 e. The minimum atomic E-state index is -0.167. The van der Waals surface area contributed by atoms with Crippen LogP contribution in [0.25, 0.3) is 0 Å². The number of rotatable bonds is 2. The molecule has 182 valence electrons. The Morgan fingerprint density at radius 3 is 1.52 bits per heavy atom. The van der Waals surface area contributed by atoms with Gasteiger partial charge < -0.3 is 20.4 Å². The first-order valence-corrected chi connectivity index (χ1v) is 11.2. The molecular weight excluding hydrogens is 426 g/mol. The summed E-state index contributed by atoms with van der Waals surface area (Å²) in [4.78, 5) is 2.43. The molecule has 1 aromatic rings. The smallest absolute Gasteiger partial charge is 0.123 e. The molecular formula is C25H49NO4Ti. The number of phenolic OH excluding ortho intramolecular Hbond substituents is 1. The van der Waals surface area contributed by atoms with Gasteiger partial charge in [-0.2, -0.15) is 0 Å². The van der Waals surface area contributed by atoms with Crippen LogP contribution in [-0.2, 0) is 33.7 Å². The zero-order valence-electron chi connectivity index (χ0n) is 21.7. The van der Waals surface area contributed by atoms with E-state index in [1.807, 2.05) is 0 Å². The Morgan fingerprint density at radius 1 is 0.839 bits per heavy atom. The van der Waals surface area contributed by atoms with E-state index in [2.05, 4.69) is 44.7 Å². The fraction of sp³-hybridized carbons (Fsp3) is 0.760. The molecule has 0 aromatic heterocycles. The SMILES string of the molecule is CC(C)O.CC(C)O.CC(C)O.Cc1cc(CN2CCCC2)c(O)c(C(C)(C)C)c1.[Ti]. The molecule has 0 bridgehead atoms. The maximum absolute atomic E-state index is 10.5. The summed E-state index contributed by atoms with van der Waals surface area (Å²) < 4.78 is 0. The molecule has 4 N–H and O–H groups in total. The molecule has 0 aliphatic carbocycles. The van der Waals surface area contributed by atoms with Gasteiger partial charge in [0.25, 0.3) is 0 Å². The Labute approximate surface area is 206 Å². The van der Waals surface area contributed by atoms with Crippen molar-refractivity contribution in [1.82, 2.24) is 4.90 Å². The van der Waals surface area contributed by atoms with E-state index < -0.39 is 0 Å². The van der Waals surface area contributed by atoms with Crippen molar-refractivity contribution in [2.24, 2.45) is 0 Å². The number of benzene rings is 1. The first-order chi connectivity index (χ1) is 13.6. The zero-order valence-corrected chi connectivity index (χ0v) is 23.2. The predicted octanol–water partition coefficient (Wildman–Crippen LogP) is 4.75. The van der Waals surface area contributed by atoms with Crippen molar-refractivity contribution in [2.75, 3.05) is 13.1 Å². The van der Waals surface area contributed by atoms with Crippen LogP contribution in [0.15, 0.2) is 12.1 Å². The molecule has 6 heteroatoms. The summed E-state index contributed by atoms with van der Waals surface area (Å²) in [6, 6.07) is 4.24. The molecule has 1 aliphatic rings. The molecule has 0 amide bonds. The average molecular weight is 476 g/mol. The molecule has 31 heavy (non-hydrogen) atoms. The van der Waals surface area contributed by atoms with E-state index in [0.29, 0.717) is 5.75 Å². The van der Waals surface area contributed by atoms with E-state index in [1.165, 1.54) is 18.4 Å². The van der Waals surface area contributed by atoms with Gasteiger partial charge in [-0.3, -0.25) is 4.90 Å². The van der Waals surface area contributed by atoms with Gasteiger partial charge in [0, 0.05) is 52.1 Å². The third kappa shape index (κ3) is 21.2. The van der Waals surface area contributed by atoms with E-state index in [4.69, 9.17) is 15.3 Å². The monoisotopic (exact) mass is 475 g/mol. The van der Waals surface area contributed by atoms with Gasteiger partial charge in [-0.05, 0) is 85.4 Å². The summed E-state index contributed by atoms with van der Waals surface area (Å²) in [5, 5.41) is 34.6. The molecule has 1 saturated heterocycles. The predicted molar refractivity (Wildman–Crippen MR) is 128 cm³/mol. The van der Waals surface area contributed by atoms with Crippen LogP contribution in [0.5, 0.6) is 5.75 Å². The average Bonchev–Trinajstić information content (AvgIpc) is 3.00. The maximum atomic E-state index is 10.5. The van der Waals surface area contributed by atoms with Crippen molar-refractivity contribution in [3.63, 3.8) is 0 Å². The third-order valence-electron chi connectivity index (χ3n) is 3.73. The van der Waals surface area contributed by atoms with Crippen LogP contribution in [0.3, 0.4) is 0 Å². The number of hydrogen-bond acceptors (Lipinski definition) is 5. The Kier molecular flexibility index (Phi) is 20.5. The van der Waals surface area contributed by atoms with Gasteiger partial charge in [0.1, 0.15) is 5.75 Å². The van der Waals surface area contributed by atoms with Gasteiger partial charge in [-0.15, -0.1) is 0 Å². The molecule has 1 aliphatic heterocycles. The number of aliphatic hydroxyl groups is 3. The van der Waals surface area contributed by atoms with Crippen molar-refractivity contribution in [1.29, 1.82) is 0 Å². The molecule has 1 fully saturated rings. The van der Waals surface area contributed by atoms with Crippen molar-refractivity contribution in [3.05, 3.63) is 28.8 Å². The van der Waals surface area contributed by atoms with Gasteiger partial charge >= 0.3 is 0 Å². The number of phenols is 1. The number of hydrogen-bond donors (Lipinski definition) is 4. The molecule has 2 rings (SSSR count). The number of aliphatic hydroxyl groups excluding tert-OH is 3. The molecule has 0 unspecified atom stereocenters. The van der Waals surface area contributed by atoms with Gasteiger partial charge in [-0.1, -0.05) is 38.5 Å². The molecule has 0 saturated carbocycles. The van der Waals surface area contributed by atoms with Gasteiger partial charge in [-0.25, -0.2) is 0 Å². The third-order valence-corrected chi connectivity index (χ3v) is 3.73. The second kappa shape index (κ2) is 18.1. The van der Waals surface area contributed by atoms with E-state index >= 15 is 0 Å². The van der Waals surface area contributed by atoms with Crippen LogP contribution in [0.2, 0.25) is 0 Å². The fourth-order valence-electron chi connectivity index (χ4n) is 2.73. The molecule has 0 radical (unpaired) electrons. The van der Waals surface area contributed by atoms with Crippen LogP contribution in [-0.4, -0.2) is 56.7 Å². The molecule has 5 nitrogen and oxygen atoms in total. The minimum absolute atomic E-state index is 0. The fourth-order valence-corrected chi connectivity index (χ4v) is 2.73. The second-order valence-electron chi connectivity index (χ2n) is 9.83. The molecule has 1 heterocycles. The Bertz CT molecular complexity index is 541. The number of aryl methyl sites for hydroxylation is 1. The van der Waals surface area contributed by atoms with Crippen molar-refractivity contribution >= 4 is 0 Å². The standard InChI is InChI=1S/C16H25NO.3C3H8O.Ti/c1-12-9-13(11-17-7-5-6-8-17)15(18)14(10-12)16(2,3)4;3*1-3(2)4;/h9-10,18H,5-8,11H2,1-4H3;3*3-4H,1-2H3;. The minimum Gasteiger partial charge on any atom is -0.507 e.